The van der Waals surface area contributed by atoms with Crippen LogP contribution >= 0.6 is 0 Å². The summed E-state index contributed by atoms with van der Waals surface area (Å²) in [6.45, 7) is 6.40. The van der Waals surface area contributed by atoms with Crippen LogP contribution in [0.4, 0.5) is 0 Å². The van der Waals surface area contributed by atoms with E-state index < -0.39 is 0 Å². The summed E-state index contributed by atoms with van der Waals surface area (Å²) in [5, 5.41) is 9.93. The number of likely N-dealkylation sites (tertiary alicyclic amines) is 2. The van der Waals surface area contributed by atoms with Crippen LogP contribution in [-0.4, -0.2) is 69.2 Å². The van der Waals surface area contributed by atoms with Crippen LogP contribution in [0, 0.1) is 18.3 Å². The van der Waals surface area contributed by atoms with Crippen LogP contribution in [0.1, 0.15) is 37.9 Å². The Labute approximate surface area is 149 Å². The summed E-state index contributed by atoms with van der Waals surface area (Å²) in [5.41, 5.74) is 0.214. The van der Waals surface area contributed by atoms with Gasteiger partial charge in [-0.25, -0.2) is 4.98 Å². The van der Waals surface area contributed by atoms with Gasteiger partial charge in [0.05, 0.1) is 0 Å². The zero-order valence-electron chi connectivity index (χ0n) is 15.2. The van der Waals surface area contributed by atoms with Crippen molar-refractivity contribution >= 4 is 5.91 Å². The van der Waals surface area contributed by atoms with Crippen LogP contribution in [0.2, 0.25) is 0 Å². The van der Waals surface area contributed by atoms with Crippen LogP contribution in [0.15, 0.2) is 12.4 Å². The first-order valence-electron chi connectivity index (χ1n) is 9.72. The molecule has 1 aliphatic carbocycles. The maximum absolute atomic E-state index is 12.6. The van der Waals surface area contributed by atoms with Gasteiger partial charge in [0, 0.05) is 57.1 Å². The number of hydrogen-bond acceptors (Lipinski definition) is 4. The molecule has 6 nitrogen and oxygen atoms in total. The molecule has 1 atom stereocenters. The number of imidazole rings is 1. The molecule has 3 aliphatic rings. The number of piperidine rings is 1. The summed E-state index contributed by atoms with van der Waals surface area (Å²) in [4.78, 5) is 21.4. The van der Waals surface area contributed by atoms with Crippen molar-refractivity contribution in [2.24, 2.45) is 11.3 Å². The predicted octanol–water partition coefficient (Wildman–Crippen LogP) is 1.28. The number of amides is 1. The van der Waals surface area contributed by atoms with Gasteiger partial charge in [0.2, 0.25) is 5.91 Å². The van der Waals surface area contributed by atoms with E-state index in [0.717, 1.165) is 50.9 Å². The minimum Gasteiger partial charge on any atom is -0.396 e. The molecule has 1 saturated carbocycles. The van der Waals surface area contributed by atoms with Gasteiger partial charge in [-0.15, -0.1) is 0 Å². The number of aromatic nitrogens is 2. The van der Waals surface area contributed by atoms with Gasteiger partial charge < -0.3 is 14.6 Å². The lowest BCUT2D eigenvalue weighted by molar-refractivity contribution is -0.134. The molecule has 3 fully saturated rings. The number of carbonyl (C=O) groups excluding carboxylic acids is 1. The molecule has 2 aliphatic heterocycles. The normalized spacial score (nSPS) is 27.0. The van der Waals surface area contributed by atoms with Gasteiger partial charge >= 0.3 is 0 Å². The molecule has 1 spiro atoms. The number of aliphatic hydroxyl groups is 1. The van der Waals surface area contributed by atoms with E-state index in [0.29, 0.717) is 12.5 Å². The standard InChI is InChI=1S/C19H30N4O2/c1-15-20-7-10-22(15)12-18(25)21-8-5-19(6-9-21)14-23(11-16(19)13-24)17-3-2-4-17/h7,10,16-17,24H,2-6,8-9,11-14H2,1H3. The Morgan fingerprint density at radius 2 is 2.12 bits per heavy atom. The molecule has 3 heterocycles. The molecule has 1 unspecified atom stereocenters. The van der Waals surface area contributed by atoms with Crippen LogP contribution in [0.3, 0.4) is 0 Å². The minimum absolute atomic E-state index is 0.186. The molecule has 2 saturated heterocycles. The fraction of sp³-hybridized carbons (Fsp3) is 0.789. The van der Waals surface area contributed by atoms with Gasteiger partial charge in [0.25, 0.3) is 0 Å². The SMILES string of the molecule is Cc1nccn1CC(=O)N1CCC2(CC1)CN(C1CCC1)CC2CO. The molecule has 1 aromatic heterocycles. The second kappa shape index (κ2) is 6.72. The maximum atomic E-state index is 12.6. The summed E-state index contributed by atoms with van der Waals surface area (Å²) in [6.07, 6.45) is 9.66. The van der Waals surface area contributed by atoms with Gasteiger partial charge in [0.1, 0.15) is 12.4 Å². The Morgan fingerprint density at radius 1 is 1.36 bits per heavy atom. The Hall–Kier alpha value is -1.40. The molecular formula is C19H30N4O2. The molecule has 1 aromatic rings. The van der Waals surface area contributed by atoms with Crippen LogP contribution in [0.5, 0.6) is 0 Å². The monoisotopic (exact) mass is 346 g/mol. The van der Waals surface area contributed by atoms with Crippen molar-refractivity contribution in [2.75, 3.05) is 32.8 Å². The summed E-state index contributed by atoms with van der Waals surface area (Å²) in [6, 6.07) is 0.748. The van der Waals surface area contributed by atoms with E-state index in [-0.39, 0.29) is 17.9 Å². The maximum Gasteiger partial charge on any atom is 0.242 e. The van der Waals surface area contributed by atoms with Gasteiger partial charge in [-0.05, 0) is 38.0 Å². The molecule has 0 radical (unpaired) electrons. The van der Waals surface area contributed by atoms with E-state index in [1.165, 1.54) is 19.3 Å². The van der Waals surface area contributed by atoms with E-state index in [1.807, 2.05) is 22.6 Å². The molecule has 138 valence electrons. The van der Waals surface area contributed by atoms with Crippen LogP contribution < -0.4 is 0 Å². The third-order valence-corrected chi connectivity index (χ3v) is 6.99. The Bertz CT molecular complexity index is 617. The van der Waals surface area contributed by atoms with Crippen molar-refractivity contribution in [3.05, 3.63) is 18.2 Å². The average Bonchev–Trinajstić information content (AvgIpc) is 3.11. The van der Waals surface area contributed by atoms with Crippen molar-refractivity contribution in [3.8, 4) is 0 Å². The minimum atomic E-state index is 0.186. The molecule has 0 bridgehead atoms. The van der Waals surface area contributed by atoms with Crippen molar-refractivity contribution in [1.82, 2.24) is 19.4 Å². The van der Waals surface area contributed by atoms with E-state index in [4.69, 9.17) is 0 Å². The average molecular weight is 346 g/mol. The highest BCUT2D eigenvalue weighted by molar-refractivity contribution is 5.76. The first kappa shape index (κ1) is 17.0. The Morgan fingerprint density at radius 3 is 2.68 bits per heavy atom. The summed E-state index contributed by atoms with van der Waals surface area (Å²) in [7, 11) is 0. The Balaban J connectivity index is 1.36. The van der Waals surface area contributed by atoms with E-state index >= 15 is 0 Å². The topological polar surface area (TPSA) is 61.6 Å². The van der Waals surface area contributed by atoms with Crippen LogP contribution in [0.25, 0.3) is 0 Å². The summed E-state index contributed by atoms with van der Waals surface area (Å²) in [5.74, 6) is 1.45. The highest BCUT2D eigenvalue weighted by Crippen LogP contribution is 2.46. The van der Waals surface area contributed by atoms with Gasteiger partial charge in [-0.3, -0.25) is 9.69 Å². The largest absolute Gasteiger partial charge is 0.396 e. The van der Waals surface area contributed by atoms with Crippen molar-refractivity contribution in [3.63, 3.8) is 0 Å². The summed E-state index contributed by atoms with van der Waals surface area (Å²) < 4.78 is 1.91. The quantitative estimate of drug-likeness (QED) is 0.892. The van der Waals surface area contributed by atoms with E-state index in [1.54, 1.807) is 6.20 Å². The van der Waals surface area contributed by atoms with Crippen molar-refractivity contribution in [1.29, 1.82) is 0 Å². The Kier molecular flexibility index (Phi) is 4.58. The van der Waals surface area contributed by atoms with Gasteiger partial charge in [-0.2, -0.15) is 0 Å². The van der Waals surface area contributed by atoms with Crippen LogP contribution in [-0.2, 0) is 11.3 Å². The molecule has 4 rings (SSSR count). The van der Waals surface area contributed by atoms with E-state index in [2.05, 4.69) is 9.88 Å². The number of carbonyl (C=O) groups is 1. The second-order valence-electron chi connectivity index (χ2n) is 8.24. The molecular weight excluding hydrogens is 316 g/mol. The highest BCUT2D eigenvalue weighted by atomic mass is 16.3. The predicted molar refractivity (Wildman–Crippen MR) is 95.0 cm³/mol. The smallest absolute Gasteiger partial charge is 0.242 e. The number of hydrogen-bond donors (Lipinski definition) is 1. The van der Waals surface area contributed by atoms with Gasteiger partial charge in [0.15, 0.2) is 0 Å². The first-order valence-corrected chi connectivity index (χ1v) is 9.72. The lowest BCUT2D eigenvalue weighted by Crippen LogP contribution is -2.48. The molecule has 0 aromatic carbocycles. The molecule has 25 heavy (non-hydrogen) atoms. The molecule has 1 amide bonds. The van der Waals surface area contributed by atoms with E-state index in [9.17, 15) is 9.90 Å². The molecule has 6 heteroatoms. The highest BCUT2D eigenvalue weighted by Gasteiger charge is 2.49. The number of rotatable bonds is 4. The fourth-order valence-corrected chi connectivity index (χ4v) is 4.94. The van der Waals surface area contributed by atoms with Gasteiger partial charge in [-0.1, -0.05) is 6.42 Å². The second-order valence-corrected chi connectivity index (χ2v) is 8.24. The zero-order valence-corrected chi connectivity index (χ0v) is 15.2. The van der Waals surface area contributed by atoms with Crippen molar-refractivity contribution < 1.29 is 9.90 Å². The lowest BCUT2D eigenvalue weighted by atomic mass is 9.71. The third kappa shape index (κ3) is 3.10. The zero-order chi connectivity index (χ0) is 17.4. The lowest BCUT2D eigenvalue weighted by Gasteiger charge is -2.43. The third-order valence-electron chi connectivity index (χ3n) is 6.99. The number of aliphatic hydroxyl groups excluding tert-OH is 1. The molecule has 1 N–H and O–H groups in total. The van der Waals surface area contributed by atoms with Crippen molar-refractivity contribution in [2.45, 2.75) is 51.6 Å². The fourth-order valence-electron chi connectivity index (χ4n) is 4.94. The number of aryl methyl sites for hydroxylation is 1. The summed E-state index contributed by atoms with van der Waals surface area (Å²) >= 11 is 0. The first-order chi connectivity index (χ1) is 12.1. The number of nitrogens with zero attached hydrogens (tertiary/aromatic N) is 4.